The van der Waals surface area contributed by atoms with Crippen molar-refractivity contribution >= 4 is 57.1 Å². The van der Waals surface area contributed by atoms with Crippen LogP contribution in [0.4, 0.5) is 0 Å². The first kappa shape index (κ1) is 34.9. The van der Waals surface area contributed by atoms with Crippen LogP contribution >= 0.6 is 24.8 Å². The van der Waals surface area contributed by atoms with Crippen molar-refractivity contribution in [3.63, 3.8) is 0 Å². The van der Waals surface area contributed by atoms with Gasteiger partial charge in [-0.2, -0.15) is 12.2 Å². The van der Waals surface area contributed by atoms with E-state index < -0.39 is 32.3 Å². The molecular formula is C22H44Cl2Si4Zr. The van der Waals surface area contributed by atoms with Crippen LogP contribution in [0.1, 0.15) is 12.8 Å². The molecule has 0 amide bonds. The maximum absolute atomic E-state index is 3.57. The molecule has 0 saturated carbocycles. The van der Waals surface area contributed by atoms with Gasteiger partial charge < -0.3 is 0 Å². The fourth-order valence-electron chi connectivity index (χ4n) is 3.61. The van der Waals surface area contributed by atoms with E-state index in [9.17, 15) is 0 Å². The largest absolute Gasteiger partial charge is 2.00 e. The molecule has 0 spiro atoms. The molecule has 0 aromatic heterocycles. The van der Waals surface area contributed by atoms with Crippen LogP contribution in [0.2, 0.25) is 78.6 Å². The summed E-state index contributed by atoms with van der Waals surface area (Å²) in [6.07, 6.45) is 14.1. The summed E-state index contributed by atoms with van der Waals surface area (Å²) in [6, 6.07) is 0. The molecule has 29 heavy (non-hydrogen) atoms. The van der Waals surface area contributed by atoms with Crippen molar-refractivity contribution in [1.29, 1.82) is 0 Å². The molecule has 166 valence electrons. The van der Waals surface area contributed by atoms with Crippen molar-refractivity contribution in [2.75, 3.05) is 0 Å². The summed E-state index contributed by atoms with van der Waals surface area (Å²) in [7, 11) is -4.45. The van der Waals surface area contributed by atoms with Crippen molar-refractivity contribution < 1.29 is 26.2 Å². The molecule has 0 aliphatic heterocycles. The predicted molar refractivity (Wildman–Crippen MR) is 147 cm³/mol. The van der Waals surface area contributed by atoms with E-state index >= 15 is 0 Å². The Balaban J connectivity index is -0.000000422. The van der Waals surface area contributed by atoms with Gasteiger partial charge in [-0.3, -0.25) is 12.2 Å². The molecule has 0 aromatic rings. The molecule has 0 heterocycles. The third-order valence-electron chi connectivity index (χ3n) is 4.82. The predicted octanol–water partition coefficient (Wildman–Crippen LogP) is 8.44. The van der Waals surface area contributed by atoms with Crippen LogP contribution in [0, 0.1) is 12.2 Å². The number of halogens is 2. The molecular weight excluding hydrogens is 539 g/mol. The zero-order chi connectivity index (χ0) is 20.6. The molecule has 0 N–H and O–H groups in total. The van der Waals surface area contributed by atoms with Crippen molar-refractivity contribution in [2.45, 2.75) is 91.4 Å². The van der Waals surface area contributed by atoms with E-state index in [2.05, 4.69) is 103 Å². The molecule has 2 rings (SSSR count). The minimum atomic E-state index is -1.13. The van der Waals surface area contributed by atoms with Gasteiger partial charge in [-0.25, -0.2) is 20.8 Å². The zero-order valence-electron chi connectivity index (χ0n) is 20.9. The molecule has 0 radical (unpaired) electrons. The maximum atomic E-state index is 3.57. The Morgan fingerprint density at radius 3 is 0.897 bits per heavy atom. The molecule has 0 nitrogen and oxygen atoms in total. The zero-order valence-corrected chi connectivity index (χ0v) is 29.0. The van der Waals surface area contributed by atoms with E-state index in [-0.39, 0.29) is 51.0 Å². The number of rotatable bonds is 4. The fraction of sp³-hybridized carbons (Fsp3) is 0.636. The van der Waals surface area contributed by atoms with Gasteiger partial charge in [0.05, 0.1) is 0 Å². The Kier molecular flexibility index (Phi) is 15.1. The van der Waals surface area contributed by atoms with Gasteiger partial charge in [0.1, 0.15) is 0 Å². The molecule has 2 aliphatic rings. The second-order valence-electron chi connectivity index (χ2n) is 11.7. The van der Waals surface area contributed by atoms with E-state index in [1.807, 2.05) is 0 Å². The second kappa shape index (κ2) is 12.5. The van der Waals surface area contributed by atoms with Crippen LogP contribution in [-0.4, -0.2) is 32.3 Å². The first-order chi connectivity index (χ1) is 11.5. The van der Waals surface area contributed by atoms with E-state index in [0.29, 0.717) is 0 Å². The Morgan fingerprint density at radius 2 is 0.759 bits per heavy atom. The van der Waals surface area contributed by atoms with E-state index in [4.69, 9.17) is 0 Å². The van der Waals surface area contributed by atoms with Crippen LogP contribution in [-0.2, 0) is 26.2 Å². The number of hydrogen-bond acceptors (Lipinski definition) is 0. The Morgan fingerprint density at radius 1 is 0.517 bits per heavy atom. The molecule has 0 atom stereocenters. The third kappa shape index (κ3) is 10.6. The van der Waals surface area contributed by atoms with Gasteiger partial charge in [-0.15, -0.1) is 37.7 Å². The first-order valence-corrected chi connectivity index (χ1v) is 24.1. The molecule has 0 bridgehead atoms. The second-order valence-corrected chi connectivity index (χ2v) is 31.8. The summed E-state index contributed by atoms with van der Waals surface area (Å²) in [5.74, 6) is 0. The van der Waals surface area contributed by atoms with Crippen molar-refractivity contribution in [3.8, 4) is 0 Å². The average Bonchev–Trinajstić information content (AvgIpc) is 3.06. The summed E-state index contributed by atoms with van der Waals surface area (Å²) in [4.78, 5) is 0. The average molecular weight is 583 g/mol. The van der Waals surface area contributed by atoms with Gasteiger partial charge in [0.15, 0.2) is 0 Å². The summed E-state index contributed by atoms with van der Waals surface area (Å²) in [5.41, 5.74) is 0. The van der Waals surface area contributed by atoms with Gasteiger partial charge in [-0.1, -0.05) is 78.6 Å². The number of hydrogen-bond donors (Lipinski definition) is 0. The van der Waals surface area contributed by atoms with Crippen LogP contribution in [0.25, 0.3) is 0 Å². The van der Waals surface area contributed by atoms with Gasteiger partial charge in [-0.05, 0) is 16.1 Å². The van der Waals surface area contributed by atoms with Crippen molar-refractivity contribution in [3.05, 3.63) is 45.1 Å². The molecule has 0 saturated heterocycles. The van der Waals surface area contributed by atoms with Crippen LogP contribution in [0.3, 0.4) is 0 Å². The molecule has 0 unspecified atom stereocenters. The van der Waals surface area contributed by atoms with Crippen LogP contribution < -0.4 is 0 Å². The van der Waals surface area contributed by atoms with Crippen molar-refractivity contribution in [2.24, 2.45) is 0 Å². The first-order valence-electron chi connectivity index (χ1n) is 10.1. The normalized spacial score (nSPS) is 16.7. The molecule has 2 aliphatic carbocycles. The Labute approximate surface area is 218 Å². The van der Waals surface area contributed by atoms with Crippen LogP contribution in [0.5, 0.6) is 0 Å². The minimum Gasteiger partial charge on any atom is -0.273 e. The Hall–Kier alpha value is 1.29. The quantitative estimate of drug-likeness (QED) is 0.230. The summed E-state index contributed by atoms with van der Waals surface area (Å²) < 4.78 is 0. The van der Waals surface area contributed by atoms with E-state index in [1.165, 1.54) is 0 Å². The van der Waals surface area contributed by atoms with Gasteiger partial charge in [0.25, 0.3) is 0 Å². The monoisotopic (exact) mass is 580 g/mol. The van der Waals surface area contributed by atoms with Gasteiger partial charge >= 0.3 is 26.2 Å². The van der Waals surface area contributed by atoms with Gasteiger partial charge in [0, 0.05) is 16.1 Å². The third-order valence-corrected chi connectivity index (χ3v) is 13.4. The molecule has 0 aromatic carbocycles. The van der Waals surface area contributed by atoms with Crippen molar-refractivity contribution in [1.82, 2.24) is 0 Å². The summed E-state index contributed by atoms with van der Waals surface area (Å²) in [6.45, 7) is 29.2. The topological polar surface area (TPSA) is 0 Å². The van der Waals surface area contributed by atoms with Gasteiger partial charge in [0.2, 0.25) is 0 Å². The minimum absolute atomic E-state index is 0. The maximum Gasteiger partial charge on any atom is 2.00 e. The summed E-state index contributed by atoms with van der Waals surface area (Å²) in [5, 5.41) is 6.61. The molecule has 7 heteroatoms. The van der Waals surface area contributed by atoms with Crippen LogP contribution in [0.15, 0.2) is 32.9 Å². The smallest absolute Gasteiger partial charge is 0.273 e. The molecule has 0 fully saturated rings. The fourth-order valence-corrected chi connectivity index (χ4v) is 14.3. The van der Waals surface area contributed by atoms with E-state index in [1.54, 1.807) is 20.8 Å². The Bertz CT molecular complexity index is 536. The van der Waals surface area contributed by atoms with E-state index in [0.717, 1.165) is 12.8 Å². The standard InChI is InChI=1S/2C11H21Si2.2ClH.Zr/c2*1-12(2,3)10-8-7-9-11(10)13(4,5)6;;;/h2*8H,7H2,1-6H3;2*1H;/q2*-1;;;+2. The SMILES string of the molecule is C[Si](C)(C)C1=[C-]CC=C1[Si](C)(C)C.C[Si](C)(C)C1=[C-]CC=C1[Si](C)(C)C.Cl.Cl.[Zr+2]. The summed E-state index contributed by atoms with van der Waals surface area (Å²) >= 11 is 0. The number of allylic oxidation sites excluding steroid dienone is 8.